The molecular formula is C36H31F2N7O2. The Morgan fingerprint density at radius 3 is 2.72 bits per heavy atom. The van der Waals surface area contributed by atoms with Crippen LogP contribution in [0.5, 0.6) is 5.75 Å². The number of halogens is 2. The zero-order chi connectivity index (χ0) is 32.8. The average Bonchev–Trinajstić information content (AvgIpc) is 3.46. The lowest BCUT2D eigenvalue weighted by Crippen LogP contribution is -2.24. The largest absolute Gasteiger partial charge is 0.492 e. The lowest BCUT2D eigenvalue weighted by molar-refractivity contribution is 0.102. The molecule has 0 saturated heterocycles. The van der Waals surface area contributed by atoms with Crippen molar-refractivity contribution in [2.24, 2.45) is 0 Å². The Balaban J connectivity index is 1.28. The summed E-state index contributed by atoms with van der Waals surface area (Å²) in [6.45, 7) is 5.84. The Morgan fingerprint density at radius 1 is 1.00 bits per heavy atom. The number of hydrogen-bond acceptors (Lipinski definition) is 7. The van der Waals surface area contributed by atoms with Crippen LogP contribution in [0.3, 0.4) is 0 Å². The average molecular weight is 632 g/mol. The van der Waals surface area contributed by atoms with Crippen molar-refractivity contribution in [3.63, 3.8) is 0 Å². The van der Waals surface area contributed by atoms with Crippen molar-refractivity contribution in [2.75, 3.05) is 37.4 Å². The van der Waals surface area contributed by atoms with E-state index in [0.29, 0.717) is 35.2 Å². The lowest BCUT2D eigenvalue weighted by Gasteiger charge is -2.15. The molecule has 6 aromatic rings. The van der Waals surface area contributed by atoms with Crippen LogP contribution in [0.2, 0.25) is 0 Å². The standard InChI is InChI=1S/C36H31F2N7O2/c1-3-17-44(2)19-20-47-28-11-7-10-27(23-28)41-36-39-16-15-31(42-36)33-32-12-4-5-18-45(32)43-34(33)24-8-6-9-26(21-24)40-35(46)29-22-25(37)13-14-30(29)38/h3-16,18,21-23H,1,17,19-20H2,2H3,(H,40,46)(H,39,41,42). The molecule has 9 nitrogen and oxygen atoms in total. The summed E-state index contributed by atoms with van der Waals surface area (Å²) >= 11 is 0. The Kier molecular flexibility index (Phi) is 9.26. The first kappa shape index (κ1) is 31.1. The van der Waals surface area contributed by atoms with Crippen LogP contribution >= 0.6 is 0 Å². The summed E-state index contributed by atoms with van der Waals surface area (Å²) in [5.74, 6) is -1.19. The van der Waals surface area contributed by atoms with Gasteiger partial charge in [0, 0.05) is 48.5 Å². The van der Waals surface area contributed by atoms with Gasteiger partial charge in [-0.2, -0.15) is 5.10 Å². The zero-order valence-electron chi connectivity index (χ0n) is 25.5. The van der Waals surface area contributed by atoms with Crippen LogP contribution in [0.25, 0.3) is 28.0 Å². The van der Waals surface area contributed by atoms with E-state index in [1.54, 1.807) is 35.0 Å². The minimum atomic E-state index is -0.817. The Morgan fingerprint density at radius 2 is 1.85 bits per heavy atom. The van der Waals surface area contributed by atoms with Crippen LogP contribution in [0, 0.1) is 11.6 Å². The third-order valence-corrected chi connectivity index (χ3v) is 7.29. The van der Waals surface area contributed by atoms with Gasteiger partial charge in [-0.3, -0.25) is 9.69 Å². The highest BCUT2D eigenvalue weighted by molar-refractivity contribution is 6.05. The lowest BCUT2D eigenvalue weighted by atomic mass is 10.0. The molecule has 0 fully saturated rings. The van der Waals surface area contributed by atoms with E-state index in [9.17, 15) is 13.6 Å². The molecule has 3 heterocycles. The normalized spacial score (nSPS) is 11.1. The first-order valence-electron chi connectivity index (χ1n) is 14.8. The van der Waals surface area contributed by atoms with Gasteiger partial charge in [0.15, 0.2) is 0 Å². The molecule has 11 heteroatoms. The molecule has 0 radical (unpaired) electrons. The van der Waals surface area contributed by atoms with Gasteiger partial charge in [-0.05, 0) is 67.7 Å². The molecule has 0 aliphatic rings. The minimum Gasteiger partial charge on any atom is -0.492 e. The van der Waals surface area contributed by atoms with Gasteiger partial charge in [0.2, 0.25) is 5.95 Å². The third-order valence-electron chi connectivity index (χ3n) is 7.29. The molecule has 236 valence electrons. The number of ether oxygens (including phenoxy) is 1. The second-order valence-corrected chi connectivity index (χ2v) is 10.7. The number of likely N-dealkylation sites (N-methyl/N-ethyl adjacent to an activating group) is 1. The van der Waals surface area contributed by atoms with Crippen LogP contribution in [-0.4, -0.2) is 57.1 Å². The molecule has 2 N–H and O–H groups in total. The zero-order valence-corrected chi connectivity index (χ0v) is 25.5. The maximum absolute atomic E-state index is 14.2. The van der Waals surface area contributed by atoms with Crippen molar-refractivity contribution < 1.29 is 18.3 Å². The Hall–Kier alpha value is -5.94. The summed E-state index contributed by atoms with van der Waals surface area (Å²) in [7, 11) is 2.01. The third kappa shape index (κ3) is 7.32. The van der Waals surface area contributed by atoms with Crippen LogP contribution < -0.4 is 15.4 Å². The van der Waals surface area contributed by atoms with E-state index in [1.807, 2.05) is 67.9 Å². The molecular weight excluding hydrogens is 600 g/mol. The number of anilines is 3. The molecule has 6 rings (SSSR count). The summed E-state index contributed by atoms with van der Waals surface area (Å²) in [5, 5.41) is 10.8. The molecule has 3 aromatic heterocycles. The van der Waals surface area contributed by atoms with Gasteiger partial charge in [0.05, 0.1) is 22.3 Å². The summed E-state index contributed by atoms with van der Waals surface area (Å²) < 4.78 is 35.7. The van der Waals surface area contributed by atoms with Crippen LogP contribution in [-0.2, 0) is 0 Å². The van der Waals surface area contributed by atoms with Crippen molar-refractivity contribution in [1.82, 2.24) is 24.5 Å². The molecule has 0 aliphatic heterocycles. The number of aromatic nitrogens is 4. The minimum absolute atomic E-state index is 0.379. The second kappa shape index (κ2) is 14.0. The fourth-order valence-corrected chi connectivity index (χ4v) is 5.05. The van der Waals surface area contributed by atoms with Crippen LogP contribution in [0.1, 0.15) is 10.4 Å². The second-order valence-electron chi connectivity index (χ2n) is 10.7. The maximum Gasteiger partial charge on any atom is 0.258 e. The molecule has 0 atom stereocenters. The van der Waals surface area contributed by atoms with E-state index >= 15 is 0 Å². The van der Waals surface area contributed by atoms with Crippen molar-refractivity contribution in [1.29, 1.82) is 0 Å². The van der Waals surface area contributed by atoms with Gasteiger partial charge in [-0.1, -0.05) is 30.3 Å². The monoisotopic (exact) mass is 631 g/mol. The molecule has 1 amide bonds. The SMILES string of the molecule is C=CCN(C)CCOc1cccc(Nc2nccc(-c3c(-c4cccc(NC(=O)c5cc(F)ccc5F)c4)nn4ccccc34)n2)c1. The summed E-state index contributed by atoms with van der Waals surface area (Å²) in [5.41, 5.74) is 4.21. The highest BCUT2D eigenvalue weighted by Gasteiger charge is 2.19. The topological polar surface area (TPSA) is 96.7 Å². The van der Waals surface area contributed by atoms with E-state index in [0.717, 1.165) is 53.8 Å². The van der Waals surface area contributed by atoms with Gasteiger partial charge >= 0.3 is 0 Å². The highest BCUT2D eigenvalue weighted by Crippen LogP contribution is 2.35. The van der Waals surface area contributed by atoms with E-state index < -0.39 is 23.1 Å². The molecule has 0 unspecified atom stereocenters. The Bertz CT molecular complexity index is 2060. The number of fused-ring (bicyclic) bond motifs is 1. The molecule has 0 bridgehead atoms. The van der Waals surface area contributed by atoms with Crippen LogP contribution in [0.15, 0.2) is 116 Å². The Labute approximate surface area is 270 Å². The first-order valence-corrected chi connectivity index (χ1v) is 14.8. The number of carbonyl (C=O) groups is 1. The molecule has 47 heavy (non-hydrogen) atoms. The summed E-state index contributed by atoms with van der Waals surface area (Å²) in [6, 6.07) is 24.8. The maximum atomic E-state index is 14.2. The van der Waals surface area contributed by atoms with Gasteiger partial charge in [-0.25, -0.2) is 23.3 Å². The fraction of sp³-hybridized carbons (Fsp3) is 0.111. The van der Waals surface area contributed by atoms with E-state index in [-0.39, 0.29) is 0 Å². The number of hydrogen-bond donors (Lipinski definition) is 2. The van der Waals surface area contributed by atoms with Crippen LogP contribution in [0.4, 0.5) is 26.1 Å². The fourth-order valence-electron chi connectivity index (χ4n) is 5.05. The molecule has 0 spiro atoms. The van der Waals surface area contributed by atoms with Crippen molar-refractivity contribution in [2.45, 2.75) is 0 Å². The van der Waals surface area contributed by atoms with Crippen molar-refractivity contribution >= 4 is 28.7 Å². The molecule has 0 aliphatic carbocycles. The van der Waals surface area contributed by atoms with Gasteiger partial charge < -0.3 is 15.4 Å². The number of pyridine rings is 1. The predicted molar refractivity (Wildman–Crippen MR) is 179 cm³/mol. The van der Waals surface area contributed by atoms with E-state index in [1.165, 1.54) is 0 Å². The number of rotatable bonds is 12. The van der Waals surface area contributed by atoms with Crippen molar-refractivity contribution in [3.05, 3.63) is 133 Å². The van der Waals surface area contributed by atoms with E-state index in [2.05, 4.69) is 27.1 Å². The smallest absolute Gasteiger partial charge is 0.258 e. The summed E-state index contributed by atoms with van der Waals surface area (Å²) in [4.78, 5) is 24.2. The van der Waals surface area contributed by atoms with Gasteiger partial charge in [0.1, 0.15) is 29.7 Å². The highest BCUT2D eigenvalue weighted by atomic mass is 19.1. The number of amides is 1. The number of nitrogens with one attached hydrogen (secondary N) is 2. The number of benzene rings is 3. The van der Waals surface area contributed by atoms with Gasteiger partial charge in [0.25, 0.3) is 5.91 Å². The molecule has 3 aromatic carbocycles. The predicted octanol–water partition coefficient (Wildman–Crippen LogP) is 7.23. The first-order chi connectivity index (χ1) is 22.9. The summed E-state index contributed by atoms with van der Waals surface area (Å²) in [6.07, 6.45) is 5.36. The van der Waals surface area contributed by atoms with Crippen molar-refractivity contribution in [3.8, 4) is 28.3 Å². The van der Waals surface area contributed by atoms with E-state index in [4.69, 9.17) is 14.8 Å². The van der Waals surface area contributed by atoms with Gasteiger partial charge in [-0.15, -0.1) is 6.58 Å². The quantitative estimate of drug-likeness (QED) is 0.138. The number of nitrogens with zero attached hydrogens (tertiary/aromatic N) is 5. The molecule has 0 saturated carbocycles. The number of carbonyl (C=O) groups excluding carboxylic acids is 1.